The molecule has 0 radical (unpaired) electrons. The van der Waals surface area contributed by atoms with Crippen molar-refractivity contribution in [3.8, 4) is 28.2 Å². The molecule has 1 amide bonds. The number of nitrogens with zero attached hydrogens (tertiary/aromatic N) is 4. The molecule has 0 saturated heterocycles. The van der Waals surface area contributed by atoms with Crippen LogP contribution in [0.2, 0.25) is 0 Å². The Hall–Kier alpha value is -4.09. The lowest BCUT2D eigenvalue weighted by atomic mass is 9.96. The van der Waals surface area contributed by atoms with Gasteiger partial charge in [0, 0.05) is 37.3 Å². The molecule has 3 N–H and O–H groups in total. The normalized spacial score (nSPS) is 14.3. The van der Waals surface area contributed by atoms with Gasteiger partial charge >= 0.3 is 6.18 Å². The van der Waals surface area contributed by atoms with E-state index in [-0.39, 0.29) is 28.3 Å². The molecule has 200 valence electrons. The third kappa shape index (κ3) is 5.15. The summed E-state index contributed by atoms with van der Waals surface area (Å²) < 4.78 is 43.9. The van der Waals surface area contributed by atoms with Crippen LogP contribution in [0.1, 0.15) is 41.9 Å². The molecule has 1 saturated carbocycles. The molecule has 0 aliphatic heterocycles. The van der Waals surface area contributed by atoms with Gasteiger partial charge in [-0.3, -0.25) is 9.89 Å². The second kappa shape index (κ2) is 9.99. The Balaban J connectivity index is 1.60. The summed E-state index contributed by atoms with van der Waals surface area (Å²) in [6, 6.07) is 6.58. The number of alkyl halides is 3. The standard InChI is InChI=1S/C26H27F3N6O3/c1-35(2)21-8-7-15(12-30-21)22-23(25(37)31-13-26(27,28)29)34-38-24(22)17-10-16-18(9-14-5-3-4-6-14)32-33-19(16)11-20(17)36/h7-8,10-12,14,36H,3-6,9,13H2,1-2H3,(H,31,37)(H,32,33). The summed E-state index contributed by atoms with van der Waals surface area (Å²) in [5, 5.41) is 24.7. The number of phenolic OH excluding ortho intramolecular Hbond substituents is 1. The third-order valence-electron chi connectivity index (χ3n) is 6.81. The second-order valence-corrected chi connectivity index (χ2v) is 9.77. The highest BCUT2D eigenvalue weighted by Gasteiger charge is 2.31. The van der Waals surface area contributed by atoms with Crippen molar-refractivity contribution in [1.29, 1.82) is 0 Å². The van der Waals surface area contributed by atoms with Crippen LogP contribution in [0.3, 0.4) is 0 Å². The van der Waals surface area contributed by atoms with E-state index in [1.807, 2.05) is 19.4 Å². The largest absolute Gasteiger partial charge is 0.507 e. The smallest absolute Gasteiger partial charge is 0.405 e. The fourth-order valence-corrected chi connectivity index (χ4v) is 4.89. The van der Waals surface area contributed by atoms with Crippen LogP contribution in [0, 0.1) is 5.92 Å². The van der Waals surface area contributed by atoms with Gasteiger partial charge in [0.15, 0.2) is 11.5 Å². The average Bonchev–Trinajstić information content (AvgIpc) is 3.62. The van der Waals surface area contributed by atoms with E-state index in [1.165, 1.54) is 25.1 Å². The zero-order valence-corrected chi connectivity index (χ0v) is 20.9. The summed E-state index contributed by atoms with van der Waals surface area (Å²) in [6.45, 7) is -1.53. The van der Waals surface area contributed by atoms with Crippen molar-refractivity contribution < 1.29 is 27.6 Å². The number of nitrogens with one attached hydrogen (secondary N) is 2. The minimum atomic E-state index is -4.60. The lowest BCUT2D eigenvalue weighted by Crippen LogP contribution is -2.34. The number of H-pyrrole nitrogens is 1. The highest BCUT2D eigenvalue weighted by molar-refractivity contribution is 6.03. The first-order chi connectivity index (χ1) is 18.1. The van der Waals surface area contributed by atoms with E-state index in [9.17, 15) is 23.1 Å². The van der Waals surface area contributed by atoms with Crippen LogP contribution < -0.4 is 10.2 Å². The molecule has 12 heteroatoms. The number of benzene rings is 1. The van der Waals surface area contributed by atoms with E-state index in [4.69, 9.17) is 4.52 Å². The first kappa shape index (κ1) is 25.6. The zero-order valence-electron chi connectivity index (χ0n) is 20.9. The van der Waals surface area contributed by atoms with Gasteiger partial charge in [-0.25, -0.2) is 4.98 Å². The van der Waals surface area contributed by atoms with Gasteiger partial charge in [-0.05, 0) is 30.5 Å². The molecule has 3 heterocycles. The Morgan fingerprint density at radius 1 is 1.24 bits per heavy atom. The molecule has 1 fully saturated rings. The molecule has 1 aliphatic carbocycles. The summed E-state index contributed by atoms with van der Waals surface area (Å²) in [6.07, 6.45) is 2.33. The number of phenols is 1. The number of aromatic amines is 1. The van der Waals surface area contributed by atoms with Gasteiger partial charge in [-0.2, -0.15) is 18.3 Å². The average molecular weight is 529 g/mol. The Kier molecular flexibility index (Phi) is 6.72. The molecule has 38 heavy (non-hydrogen) atoms. The van der Waals surface area contributed by atoms with Crippen molar-refractivity contribution in [1.82, 2.24) is 25.7 Å². The maximum atomic E-state index is 12.8. The molecular weight excluding hydrogens is 501 g/mol. The number of aromatic nitrogens is 4. The van der Waals surface area contributed by atoms with Crippen LogP contribution in [0.5, 0.6) is 5.75 Å². The SMILES string of the molecule is CN(C)c1ccc(-c2c(C(=O)NCC(F)(F)F)noc2-c2cc3c(CC4CCCC4)n[nH]c3cc2O)cn1. The Bertz CT molecular complexity index is 1450. The summed E-state index contributed by atoms with van der Waals surface area (Å²) in [5.74, 6) is -0.0197. The maximum absolute atomic E-state index is 12.8. The summed E-state index contributed by atoms with van der Waals surface area (Å²) in [7, 11) is 3.62. The Labute approximate surface area is 216 Å². The predicted octanol–water partition coefficient (Wildman–Crippen LogP) is 5.08. The van der Waals surface area contributed by atoms with Crippen molar-refractivity contribution in [3.05, 3.63) is 41.9 Å². The molecule has 0 bridgehead atoms. The molecule has 4 aromatic rings. The van der Waals surface area contributed by atoms with E-state index in [0.717, 1.165) is 30.3 Å². The van der Waals surface area contributed by atoms with Crippen molar-refractivity contribution in [2.45, 2.75) is 38.3 Å². The first-order valence-electron chi connectivity index (χ1n) is 12.3. The number of carbonyl (C=O) groups is 1. The van der Waals surface area contributed by atoms with Gasteiger partial charge in [-0.1, -0.05) is 30.8 Å². The maximum Gasteiger partial charge on any atom is 0.405 e. The number of rotatable bonds is 7. The fraction of sp³-hybridized carbons (Fsp3) is 0.385. The molecule has 0 unspecified atom stereocenters. The van der Waals surface area contributed by atoms with Gasteiger partial charge in [0.05, 0.1) is 22.3 Å². The van der Waals surface area contributed by atoms with E-state index in [2.05, 4.69) is 20.3 Å². The number of amides is 1. The number of halogens is 3. The van der Waals surface area contributed by atoms with Crippen molar-refractivity contribution in [3.63, 3.8) is 0 Å². The van der Waals surface area contributed by atoms with E-state index >= 15 is 0 Å². The molecule has 1 aromatic carbocycles. The van der Waals surface area contributed by atoms with Gasteiger partial charge in [0.25, 0.3) is 5.91 Å². The predicted molar refractivity (Wildman–Crippen MR) is 135 cm³/mol. The van der Waals surface area contributed by atoms with Crippen LogP contribution in [0.15, 0.2) is 35.0 Å². The van der Waals surface area contributed by atoms with Gasteiger partial charge in [-0.15, -0.1) is 0 Å². The monoisotopic (exact) mass is 528 g/mol. The van der Waals surface area contributed by atoms with Crippen LogP contribution in [0.25, 0.3) is 33.4 Å². The summed E-state index contributed by atoms with van der Waals surface area (Å²) >= 11 is 0. The second-order valence-electron chi connectivity index (χ2n) is 9.77. The van der Waals surface area contributed by atoms with Gasteiger partial charge in [0.1, 0.15) is 18.1 Å². The molecular formula is C26H27F3N6O3. The number of carbonyl (C=O) groups excluding carboxylic acids is 1. The lowest BCUT2D eigenvalue weighted by molar-refractivity contribution is -0.123. The minimum Gasteiger partial charge on any atom is -0.507 e. The Morgan fingerprint density at radius 3 is 2.66 bits per heavy atom. The van der Waals surface area contributed by atoms with E-state index < -0.39 is 18.6 Å². The van der Waals surface area contributed by atoms with Crippen LogP contribution in [-0.4, -0.2) is 58.2 Å². The number of hydrogen-bond donors (Lipinski definition) is 3. The van der Waals surface area contributed by atoms with E-state index in [0.29, 0.717) is 22.8 Å². The number of pyridine rings is 1. The molecule has 0 spiro atoms. The number of fused-ring (bicyclic) bond motifs is 1. The van der Waals surface area contributed by atoms with Crippen molar-refractivity contribution in [2.75, 3.05) is 25.5 Å². The quantitative estimate of drug-likeness (QED) is 0.306. The number of aromatic hydroxyl groups is 1. The molecule has 9 nitrogen and oxygen atoms in total. The minimum absolute atomic E-state index is 0.0361. The van der Waals surface area contributed by atoms with Crippen LogP contribution in [0.4, 0.5) is 19.0 Å². The molecule has 3 aromatic heterocycles. The van der Waals surface area contributed by atoms with Gasteiger partial charge < -0.3 is 19.8 Å². The fourth-order valence-electron chi connectivity index (χ4n) is 4.89. The highest BCUT2D eigenvalue weighted by atomic mass is 19.4. The topological polar surface area (TPSA) is 120 Å². The van der Waals surface area contributed by atoms with Crippen molar-refractivity contribution in [2.24, 2.45) is 5.92 Å². The summed E-state index contributed by atoms with van der Waals surface area (Å²) in [5.41, 5.74) is 1.90. The first-order valence-corrected chi connectivity index (χ1v) is 12.3. The Morgan fingerprint density at radius 2 is 2.00 bits per heavy atom. The lowest BCUT2D eigenvalue weighted by Gasteiger charge is -2.12. The van der Waals surface area contributed by atoms with Gasteiger partial charge in [0.2, 0.25) is 0 Å². The third-order valence-corrected chi connectivity index (χ3v) is 6.81. The van der Waals surface area contributed by atoms with Crippen LogP contribution >= 0.6 is 0 Å². The van der Waals surface area contributed by atoms with E-state index in [1.54, 1.807) is 23.1 Å². The van der Waals surface area contributed by atoms with Crippen LogP contribution in [-0.2, 0) is 6.42 Å². The van der Waals surface area contributed by atoms with Crippen molar-refractivity contribution >= 4 is 22.6 Å². The highest BCUT2D eigenvalue weighted by Crippen LogP contribution is 2.42. The zero-order chi connectivity index (χ0) is 27.0. The molecule has 5 rings (SSSR count). The molecule has 0 atom stereocenters. The summed E-state index contributed by atoms with van der Waals surface area (Å²) in [4.78, 5) is 18.9. The number of anilines is 1. The number of hydrogen-bond acceptors (Lipinski definition) is 7. The molecule has 1 aliphatic rings.